The molecule has 1 saturated carbocycles. The van der Waals surface area contributed by atoms with Crippen molar-refractivity contribution < 1.29 is 9.90 Å². The van der Waals surface area contributed by atoms with Gasteiger partial charge >= 0.3 is 5.97 Å². The molecule has 2 atom stereocenters. The third-order valence-electron chi connectivity index (χ3n) is 3.86. The largest absolute Gasteiger partial charge is 0.481 e. The van der Waals surface area contributed by atoms with Gasteiger partial charge in [-0.25, -0.2) is 0 Å². The van der Waals surface area contributed by atoms with Crippen LogP contribution in [0, 0.1) is 11.3 Å². The van der Waals surface area contributed by atoms with Crippen molar-refractivity contribution in [2.75, 3.05) is 0 Å². The Hall–Kier alpha value is -1.32. The second-order valence-electron chi connectivity index (χ2n) is 5.91. The maximum atomic E-state index is 11.3. The van der Waals surface area contributed by atoms with Crippen LogP contribution >= 0.6 is 0 Å². The number of carboxylic acids is 1. The van der Waals surface area contributed by atoms with Gasteiger partial charge in [0.15, 0.2) is 0 Å². The lowest BCUT2D eigenvalue weighted by atomic mass is 9.65. The Kier molecular flexibility index (Phi) is 2.98. The van der Waals surface area contributed by atoms with Crippen LogP contribution in [0.4, 0.5) is 0 Å². The molecule has 0 aliphatic heterocycles. The van der Waals surface area contributed by atoms with Gasteiger partial charge in [-0.05, 0) is 30.2 Å². The van der Waals surface area contributed by atoms with Crippen molar-refractivity contribution in [3.05, 3.63) is 18.0 Å². The van der Waals surface area contributed by atoms with Gasteiger partial charge in [0, 0.05) is 19.2 Å². The molecular weight excluding hydrogens is 216 g/mol. The van der Waals surface area contributed by atoms with Gasteiger partial charge in [0.2, 0.25) is 0 Å². The molecule has 0 amide bonds. The molecule has 2 rings (SSSR count). The Labute approximate surface area is 102 Å². The van der Waals surface area contributed by atoms with Crippen LogP contribution in [0.1, 0.15) is 44.6 Å². The zero-order chi connectivity index (χ0) is 12.6. The van der Waals surface area contributed by atoms with E-state index in [1.54, 1.807) is 4.68 Å². The molecule has 2 unspecified atom stereocenters. The summed E-state index contributed by atoms with van der Waals surface area (Å²) < 4.78 is 1.75. The normalized spacial score (nSPS) is 27.9. The third-order valence-corrected chi connectivity index (χ3v) is 3.86. The van der Waals surface area contributed by atoms with Crippen molar-refractivity contribution in [3.63, 3.8) is 0 Å². The molecule has 94 valence electrons. The van der Waals surface area contributed by atoms with Gasteiger partial charge in [-0.2, -0.15) is 5.10 Å². The highest BCUT2D eigenvalue weighted by Crippen LogP contribution is 2.46. The smallest absolute Gasteiger partial charge is 0.307 e. The van der Waals surface area contributed by atoms with Gasteiger partial charge in [0.25, 0.3) is 0 Å². The number of aliphatic carboxylic acids is 1. The Morgan fingerprint density at radius 2 is 2.29 bits per heavy atom. The van der Waals surface area contributed by atoms with Crippen LogP contribution in [-0.4, -0.2) is 20.9 Å². The fourth-order valence-corrected chi connectivity index (χ4v) is 2.86. The van der Waals surface area contributed by atoms with Crippen molar-refractivity contribution in [2.24, 2.45) is 18.4 Å². The van der Waals surface area contributed by atoms with Gasteiger partial charge in [-0.3, -0.25) is 9.48 Å². The molecule has 0 spiro atoms. The number of aryl methyl sites for hydroxylation is 1. The molecule has 0 radical (unpaired) electrons. The van der Waals surface area contributed by atoms with E-state index in [2.05, 4.69) is 18.9 Å². The molecule has 1 fully saturated rings. The first-order valence-electron chi connectivity index (χ1n) is 6.10. The summed E-state index contributed by atoms with van der Waals surface area (Å²) >= 11 is 0. The molecule has 4 heteroatoms. The Morgan fingerprint density at radius 3 is 2.82 bits per heavy atom. The van der Waals surface area contributed by atoms with Crippen LogP contribution < -0.4 is 0 Å². The Bertz CT molecular complexity index is 423. The number of carbonyl (C=O) groups is 1. The van der Waals surface area contributed by atoms with E-state index in [-0.39, 0.29) is 17.3 Å². The van der Waals surface area contributed by atoms with Crippen molar-refractivity contribution in [3.8, 4) is 0 Å². The van der Waals surface area contributed by atoms with Crippen LogP contribution in [0.15, 0.2) is 12.4 Å². The van der Waals surface area contributed by atoms with Gasteiger partial charge in [-0.15, -0.1) is 0 Å². The van der Waals surface area contributed by atoms with Gasteiger partial charge < -0.3 is 5.11 Å². The molecule has 0 aromatic carbocycles. The molecule has 1 aromatic heterocycles. The molecule has 17 heavy (non-hydrogen) atoms. The van der Waals surface area contributed by atoms with Crippen LogP contribution in [0.25, 0.3) is 0 Å². The summed E-state index contributed by atoms with van der Waals surface area (Å²) in [4.78, 5) is 11.3. The number of hydrogen-bond donors (Lipinski definition) is 1. The summed E-state index contributed by atoms with van der Waals surface area (Å²) in [5, 5.41) is 13.5. The van der Waals surface area contributed by atoms with E-state index in [0.717, 1.165) is 24.8 Å². The maximum absolute atomic E-state index is 11.3. The highest BCUT2D eigenvalue weighted by atomic mass is 16.4. The van der Waals surface area contributed by atoms with E-state index in [1.165, 1.54) is 0 Å². The number of carboxylic acid groups (broad SMARTS) is 1. The van der Waals surface area contributed by atoms with Crippen molar-refractivity contribution in [1.29, 1.82) is 0 Å². The van der Waals surface area contributed by atoms with E-state index in [0.29, 0.717) is 0 Å². The maximum Gasteiger partial charge on any atom is 0.307 e. The lowest BCUT2D eigenvalue weighted by Crippen LogP contribution is -2.32. The highest BCUT2D eigenvalue weighted by Gasteiger charge is 2.39. The van der Waals surface area contributed by atoms with E-state index in [9.17, 15) is 9.90 Å². The first-order chi connectivity index (χ1) is 7.89. The van der Waals surface area contributed by atoms with Crippen LogP contribution in [0.2, 0.25) is 0 Å². The van der Waals surface area contributed by atoms with Crippen LogP contribution in [-0.2, 0) is 11.8 Å². The fourth-order valence-electron chi connectivity index (χ4n) is 2.86. The first-order valence-corrected chi connectivity index (χ1v) is 6.10. The number of hydrogen-bond acceptors (Lipinski definition) is 2. The predicted octanol–water partition coefficient (Wildman–Crippen LogP) is 2.41. The second kappa shape index (κ2) is 4.17. The zero-order valence-electron chi connectivity index (χ0n) is 10.7. The van der Waals surface area contributed by atoms with Crippen molar-refractivity contribution in [2.45, 2.75) is 39.0 Å². The molecule has 4 nitrogen and oxygen atoms in total. The first kappa shape index (κ1) is 12.1. The molecule has 1 aliphatic rings. The molecule has 1 N–H and O–H groups in total. The Morgan fingerprint density at radius 1 is 1.59 bits per heavy atom. The SMILES string of the molecule is Cn1cc(C2CC(C)(C)CCC2C(=O)O)cn1. The third kappa shape index (κ3) is 2.51. The second-order valence-corrected chi connectivity index (χ2v) is 5.91. The molecule has 0 bridgehead atoms. The van der Waals surface area contributed by atoms with E-state index < -0.39 is 5.97 Å². The summed E-state index contributed by atoms with van der Waals surface area (Å²) in [5.74, 6) is -0.827. The minimum atomic E-state index is -0.672. The van der Waals surface area contributed by atoms with Gasteiger partial charge in [-0.1, -0.05) is 13.8 Å². The van der Waals surface area contributed by atoms with E-state index >= 15 is 0 Å². The summed E-state index contributed by atoms with van der Waals surface area (Å²) in [6, 6.07) is 0. The molecule has 1 aromatic rings. The summed E-state index contributed by atoms with van der Waals surface area (Å²) in [6.07, 6.45) is 6.43. The Balaban J connectivity index is 2.28. The summed E-state index contributed by atoms with van der Waals surface area (Å²) in [6.45, 7) is 4.43. The minimum Gasteiger partial charge on any atom is -0.481 e. The average molecular weight is 236 g/mol. The zero-order valence-corrected chi connectivity index (χ0v) is 10.7. The van der Waals surface area contributed by atoms with Crippen molar-refractivity contribution in [1.82, 2.24) is 9.78 Å². The lowest BCUT2D eigenvalue weighted by molar-refractivity contribution is -0.144. The summed E-state index contributed by atoms with van der Waals surface area (Å²) in [7, 11) is 1.87. The minimum absolute atomic E-state index is 0.102. The fraction of sp³-hybridized carbons (Fsp3) is 0.692. The lowest BCUT2D eigenvalue weighted by Gasteiger charge is -2.38. The van der Waals surface area contributed by atoms with Crippen LogP contribution in [0.5, 0.6) is 0 Å². The van der Waals surface area contributed by atoms with Gasteiger partial charge in [0.05, 0.1) is 12.1 Å². The number of rotatable bonds is 2. The molecule has 1 heterocycles. The van der Waals surface area contributed by atoms with Crippen LogP contribution in [0.3, 0.4) is 0 Å². The van der Waals surface area contributed by atoms with E-state index in [4.69, 9.17) is 0 Å². The van der Waals surface area contributed by atoms with Crippen molar-refractivity contribution >= 4 is 5.97 Å². The quantitative estimate of drug-likeness (QED) is 0.858. The average Bonchev–Trinajstić information content (AvgIpc) is 2.62. The molecule has 1 aliphatic carbocycles. The molecule has 0 saturated heterocycles. The van der Waals surface area contributed by atoms with E-state index in [1.807, 2.05) is 19.4 Å². The molecular formula is C13H20N2O2. The van der Waals surface area contributed by atoms with Gasteiger partial charge in [0.1, 0.15) is 0 Å². The highest BCUT2D eigenvalue weighted by molar-refractivity contribution is 5.71. The predicted molar refractivity (Wildman–Crippen MR) is 64.7 cm³/mol. The number of nitrogens with zero attached hydrogens (tertiary/aromatic N) is 2. The topological polar surface area (TPSA) is 55.1 Å². The standard InChI is InChI=1S/C13H20N2O2/c1-13(2)5-4-10(12(16)17)11(6-13)9-7-14-15(3)8-9/h7-8,10-11H,4-6H2,1-3H3,(H,16,17). The number of aromatic nitrogens is 2. The monoisotopic (exact) mass is 236 g/mol. The summed E-state index contributed by atoms with van der Waals surface area (Å²) in [5.41, 5.74) is 1.29.